The van der Waals surface area contributed by atoms with E-state index in [1.54, 1.807) is 30.0 Å². The average Bonchev–Trinajstić information content (AvgIpc) is 2.56. The van der Waals surface area contributed by atoms with Crippen LogP contribution in [0.4, 0.5) is 11.5 Å². The molecule has 1 aromatic carbocycles. The standard InChI is InChI=1S/C17H21N3O4S/c1-4-20(5-2)16-14(17(21)22)10-13(11-18-16)19-25(23,24)15-9-7-6-8-12(15)3/h6-11,19H,4-5H2,1-3H3,(H,21,22). The minimum absolute atomic E-state index is 0.0475. The molecule has 1 aromatic heterocycles. The zero-order chi connectivity index (χ0) is 18.6. The third kappa shape index (κ3) is 4.08. The molecular formula is C17H21N3O4S. The Morgan fingerprint density at radius 1 is 1.24 bits per heavy atom. The lowest BCUT2D eigenvalue weighted by molar-refractivity contribution is 0.0697. The predicted octanol–water partition coefficient (Wildman–Crippen LogP) is 2.74. The van der Waals surface area contributed by atoms with Gasteiger partial charge in [0.15, 0.2) is 0 Å². The summed E-state index contributed by atoms with van der Waals surface area (Å²) in [5.41, 5.74) is 0.659. The molecule has 8 heteroatoms. The Kier molecular flexibility index (Phi) is 5.63. The summed E-state index contributed by atoms with van der Waals surface area (Å²) in [6.07, 6.45) is 1.33. The van der Waals surface area contributed by atoms with Gasteiger partial charge in [-0.3, -0.25) is 4.72 Å². The van der Waals surface area contributed by atoms with Crippen molar-refractivity contribution in [2.75, 3.05) is 22.7 Å². The van der Waals surface area contributed by atoms with Crippen molar-refractivity contribution in [3.63, 3.8) is 0 Å². The van der Waals surface area contributed by atoms with E-state index in [0.717, 1.165) is 0 Å². The fourth-order valence-corrected chi connectivity index (χ4v) is 3.80. The molecule has 0 aliphatic carbocycles. The predicted molar refractivity (Wildman–Crippen MR) is 96.7 cm³/mol. The molecule has 0 fully saturated rings. The van der Waals surface area contributed by atoms with Gasteiger partial charge < -0.3 is 10.0 Å². The number of aromatic carboxylic acids is 1. The number of sulfonamides is 1. The van der Waals surface area contributed by atoms with Gasteiger partial charge in [-0.2, -0.15) is 0 Å². The third-order valence-corrected chi connectivity index (χ3v) is 5.34. The SMILES string of the molecule is CCN(CC)c1ncc(NS(=O)(=O)c2ccccc2C)cc1C(=O)O. The van der Waals surface area contributed by atoms with Crippen molar-refractivity contribution >= 4 is 27.5 Å². The number of hydrogen-bond acceptors (Lipinski definition) is 5. The Labute approximate surface area is 147 Å². The molecule has 1 heterocycles. The van der Waals surface area contributed by atoms with Crippen molar-refractivity contribution in [3.05, 3.63) is 47.7 Å². The number of nitrogens with zero attached hydrogens (tertiary/aromatic N) is 2. The molecule has 0 amide bonds. The van der Waals surface area contributed by atoms with E-state index in [1.807, 2.05) is 13.8 Å². The van der Waals surface area contributed by atoms with Crippen LogP contribution >= 0.6 is 0 Å². The van der Waals surface area contributed by atoms with E-state index in [0.29, 0.717) is 24.5 Å². The monoisotopic (exact) mass is 363 g/mol. The third-order valence-electron chi connectivity index (χ3n) is 3.80. The largest absolute Gasteiger partial charge is 0.478 e. The van der Waals surface area contributed by atoms with E-state index in [1.165, 1.54) is 18.3 Å². The van der Waals surface area contributed by atoms with Crippen LogP contribution in [0.5, 0.6) is 0 Å². The molecule has 0 saturated heterocycles. The number of aromatic nitrogens is 1. The van der Waals surface area contributed by atoms with Gasteiger partial charge in [0.1, 0.15) is 11.4 Å². The topological polar surface area (TPSA) is 99.6 Å². The lowest BCUT2D eigenvalue weighted by atomic mass is 10.2. The lowest BCUT2D eigenvalue weighted by Crippen LogP contribution is -2.25. The van der Waals surface area contributed by atoms with Gasteiger partial charge in [0.05, 0.1) is 16.8 Å². The van der Waals surface area contributed by atoms with Crippen molar-refractivity contribution in [3.8, 4) is 0 Å². The van der Waals surface area contributed by atoms with Crippen LogP contribution in [-0.2, 0) is 10.0 Å². The Morgan fingerprint density at radius 3 is 2.44 bits per heavy atom. The van der Waals surface area contributed by atoms with Gasteiger partial charge >= 0.3 is 5.97 Å². The molecule has 0 saturated carbocycles. The first-order valence-corrected chi connectivity index (χ1v) is 9.35. The molecule has 2 N–H and O–H groups in total. The fraction of sp³-hybridized carbons (Fsp3) is 0.294. The molecule has 0 aliphatic heterocycles. The highest BCUT2D eigenvalue weighted by Gasteiger charge is 2.20. The molecule has 0 spiro atoms. The maximum atomic E-state index is 12.5. The number of carbonyl (C=O) groups is 1. The highest BCUT2D eigenvalue weighted by Crippen LogP contribution is 2.24. The number of benzene rings is 1. The Bertz CT molecular complexity index is 877. The molecule has 0 radical (unpaired) electrons. The fourth-order valence-electron chi connectivity index (χ4n) is 2.51. The lowest BCUT2D eigenvalue weighted by Gasteiger charge is -2.22. The van der Waals surface area contributed by atoms with Gasteiger partial charge in [0.2, 0.25) is 0 Å². The quantitative estimate of drug-likeness (QED) is 0.785. The molecule has 2 rings (SSSR count). The van der Waals surface area contributed by atoms with Crippen LogP contribution < -0.4 is 9.62 Å². The van der Waals surface area contributed by atoms with E-state index in [9.17, 15) is 18.3 Å². The van der Waals surface area contributed by atoms with E-state index in [2.05, 4.69) is 9.71 Å². The number of hydrogen-bond donors (Lipinski definition) is 2. The zero-order valence-electron chi connectivity index (χ0n) is 14.4. The minimum atomic E-state index is -3.83. The van der Waals surface area contributed by atoms with Crippen molar-refractivity contribution in [2.24, 2.45) is 0 Å². The van der Waals surface area contributed by atoms with Crippen LogP contribution in [0, 0.1) is 6.92 Å². The summed E-state index contributed by atoms with van der Waals surface area (Å²) in [5, 5.41) is 9.45. The average molecular weight is 363 g/mol. The van der Waals surface area contributed by atoms with E-state index in [-0.39, 0.29) is 16.1 Å². The first-order chi connectivity index (χ1) is 11.8. The van der Waals surface area contributed by atoms with Crippen LogP contribution in [0.1, 0.15) is 29.8 Å². The molecule has 0 bridgehead atoms. The number of anilines is 2. The summed E-state index contributed by atoms with van der Waals surface area (Å²) < 4.78 is 27.5. The number of carboxylic acids is 1. The first-order valence-electron chi connectivity index (χ1n) is 7.86. The maximum absolute atomic E-state index is 12.5. The summed E-state index contributed by atoms with van der Waals surface area (Å²) in [6.45, 7) is 6.67. The number of aryl methyl sites for hydroxylation is 1. The normalized spacial score (nSPS) is 11.2. The van der Waals surface area contributed by atoms with Gasteiger partial charge in [0.25, 0.3) is 10.0 Å². The summed E-state index contributed by atoms with van der Waals surface area (Å²) in [5.74, 6) is -0.845. The van der Waals surface area contributed by atoms with Crippen molar-refractivity contribution in [1.29, 1.82) is 0 Å². The Hall–Kier alpha value is -2.61. The van der Waals surface area contributed by atoms with Gasteiger partial charge in [-0.1, -0.05) is 18.2 Å². The van der Waals surface area contributed by atoms with Crippen LogP contribution in [0.25, 0.3) is 0 Å². The molecule has 0 unspecified atom stereocenters. The number of rotatable bonds is 7. The molecule has 25 heavy (non-hydrogen) atoms. The van der Waals surface area contributed by atoms with E-state index in [4.69, 9.17) is 0 Å². The highest BCUT2D eigenvalue weighted by molar-refractivity contribution is 7.92. The molecule has 2 aromatic rings. The number of nitrogens with one attached hydrogen (secondary N) is 1. The van der Waals surface area contributed by atoms with Crippen LogP contribution in [-0.4, -0.2) is 37.6 Å². The first kappa shape index (κ1) is 18.7. The second-order valence-electron chi connectivity index (χ2n) is 5.44. The summed E-state index contributed by atoms with van der Waals surface area (Å²) in [7, 11) is -3.83. The van der Waals surface area contributed by atoms with E-state index < -0.39 is 16.0 Å². The minimum Gasteiger partial charge on any atom is -0.478 e. The van der Waals surface area contributed by atoms with Crippen LogP contribution in [0.15, 0.2) is 41.4 Å². The number of carboxylic acid groups (broad SMARTS) is 1. The molecule has 0 atom stereocenters. The van der Waals surface area contributed by atoms with E-state index >= 15 is 0 Å². The smallest absolute Gasteiger partial charge is 0.339 e. The van der Waals surface area contributed by atoms with Crippen molar-refractivity contribution in [2.45, 2.75) is 25.7 Å². The Morgan fingerprint density at radius 2 is 1.88 bits per heavy atom. The summed E-state index contributed by atoms with van der Waals surface area (Å²) in [6, 6.07) is 7.86. The Balaban J connectivity index is 2.43. The molecule has 7 nitrogen and oxygen atoms in total. The number of pyridine rings is 1. The van der Waals surface area contributed by atoms with Crippen LogP contribution in [0.3, 0.4) is 0 Å². The maximum Gasteiger partial charge on any atom is 0.339 e. The highest BCUT2D eigenvalue weighted by atomic mass is 32.2. The van der Waals surface area contributed by atoms with Crippen LogP contribution in [0.2, 0.25) is 0 Å². The molecular weight excluding hydrogens is 342 g/mol. The summed E-state index contributed by atoms with van der Waals surface area (Å²) >= 11 is 0. The second kappa shape index (κ2) is 7.52. The van der Waals surface area contributed by atoms with Gasteiger partial charge in [-0.15, -0.1) is 0 Å². The summed E-state index contributed by atoms with van der Waals surface area (Å²) in [4.78, 5) is 17.6. The van der Waals surface area contributed by atoms with Gasteiger partial charge in [0, 0.05) is 13.1 Å². The molecule has 0 aliphatic rings. The second-order valence-corrected chi connectivity index (χ2v) is 7.09. The van der Waals surface area contributed by atoms with Crippen molar-refractivity contribution < 1.29 is 18.3 Å². The van der Waals surface area contributed by atoms with Crippen molar-refractivity contribution in [1.82, 2.24) is 4.98 Å². The zero-order valence-corrected chi connectivity index (χ0v) is 15.2. The van der Waals surface area contributed by atoms with Gasteiger partial charge in [-0.05, 0) is 38.5 Å². The van der Waals surface area contributed by atoms with Gasteiger partial charge in [-0.25, -0.2) is 18.2 Å². The molecule has 134 valence electrons.